The Labute approximate surface area is 74.0 Å². The summed E-state index contributed by atoms with van der Waals surface area (Å²) in [6.07, 6.45) is 4.51. The van der Waals surface area contributed by atoms with Gasteiger partial charge in [0.25, 0.3) is 0 Å². The van der Waals surface area contributed by atoms with E-state index in [4.69, 9.17) is 0 Å². The summed E-state index contributed by atoms with van der Waals surface area (Å²) in [7, 11) is -0.971. The Balaban J connectivity index is 2.14. The van der Waals surface area contributed by atoms with Gasteiger partial charge in [0, 0.05) is 25.5 Å². The Morgan fingerprint density at radius 3 is 2.83 bits per heavy atom. The van der Waals surface area contributed by atoms with Gasteiger partial charge in [0.05, 0.1) is 4.90 Å². The molecule has 0 spiro atoms. The van der Waals surface area contributed by atoms with Crippen molar-refractivity contribution in [1.82, 2.24) is 9.29 Å². The van der Waals surface area contributed by atoms with Gasteiger partial charge in [-0.15, -0.1) is 0 Å². The summed E-state index contributed by atoms with van der Waals surface area (Å²) in [6, 6.07) is 3.66. The summed E-state index contributed by atoms with van der Waals surface area (Å²) >= 11 is 0. The van der Waals surface area contributed by atoms with Gasteiger partial charge in [0.1, 0.15) is 11.0 Å². The molecule has 0 N–H and O–H groups in total. The van der Waals surface area contributed by atoms with Crippen LogP contribution >= 0.6 is 0 Å². The van der Waals surface area contributed by atoms with E-state index < -0.39 is 11.0 Å². The second-order valence-corrected chi connectivity index (χ2v) is 4.21. The third-order valence-corrected chi connectivity index (χ3v) is 3.36. The number of aromatic nitrogens is 1. The SMILES string of the molecule is O=S(c1cccnc1)N1CCC1. The second kappa shape index (κ2) is 3.33. The number of nitrogens with zero attached hydrogens (tertiary/aromatic N) is 2. The summed E-state index contributed by atoms with van der Waals surface area (Å²) in [5.74, 6) is 0. The van der Waals surface area contributed by atoms with Crippen LogP contribution < -0.4 is 0 Å². The molecule has 0 saturated carbocycles. The third kappa shape index (κ3) is 1.40. The summed E-state index contributed by atoms with van der Waals surface area (Å²) in [5.41, 5.74) is 0. The molecule has 64 valence electrons. The van der Waals surface area contributed by atoms with Crippen LogP contribution in [0.4, 0.5) is 0 Å². The number of pyridine rings is 1. The van der Waals surface area contributed by atoms with E-state index in [1.54, 1.807) is 12.4 Å². The van der Waals surface area contributed by atoms with Crippen LogP contribution in [-0.2, 0) is 11.0 Å². The van der Waals surface area contributed by atoms with Gasteiger partial charge in [-0.25, -0.2) is 8.51 Å². The Hall–Kier alpha value is -0.740. The molecule has 4 heteroatoms. The fraction of sp³-hybridized carbons (Fsp3) is 0.375. The molecule has 0 aromatic carbocycles. The lowest BCUT2D eigenvalue weighted by Crippen LogP contribution is -2.38. The molecular weight excluding hydrogens is 172 g/mol. The molecule has 1 aliphatic rings. The Morgan fingerprint density at radius 1 is 1.50 bits per heavy atom. The van der Waals surface area contributed by atoms with Crippen molar-refractivity contribution in [3.8, 4) is 0 Å². The molecule has 3 nitrogen and oxygen atoms in total. The molecule has 1 fully saturated rings. The van der Waals surface area contributed by atoms with Crippen LogP contribution in [-0.4, -0.2) is 26.6 Å². The van der Waals surface area contributed by atoms with Crippen molar-refractivity contribution in [3.05, 3.63) is 24.5 Å². The Morgan fingerprint density at radius 2 is 2.33 bits per heavy atom. The van der Waals surface area contributed by atoms with Crippen molar-refractivity contribution < 1.29 is 4.21 Å². The van der Waals surface area contributed by atoms with Crippen LogP contribution in [0.1, 0.15) is 6.42 Å². The quantitative estimate of drug-likeness (QED) is 0.678. The molecule has 1 aromatic heterocycles. The highest BCUT2D eigenvalue weighted by Gasteiger charge is 2.21. The molecule has 1 aromatic rings. The largest absolute Gasteiger partial charge is 0.263 e. The second-order valence-electron chi connectivity index (χ2n) is 2.72. The van der Waals surface area contributed by atoms with Crippen molar-refractivity contribution in [1.29, 1.82) is 0 Å². The van der Waals surface area contributed by atoms with E-state index in [0.717, 1.165) is 24.4 Å². The fourth-order valence-electron chi connectivity index (χ4n) is 1.05. The minimum atomic E-state index is -0.971. The Bertz CT molecular complexity index is 284. The molecule has 0 radical (unpaired) electrons. The summed E-state index contributed by atoms with van der Waals surface area (Å²) in [6.45, 7) is 1.89. The zero-order chi connectivity index (χ0) is 8.39. The highest BCUT2D eigenvalue weighted by molar-refractivity contribution is 7.82. The first kappa shape index (κ1) is 7.89. The lowest BCUT2D eigenvalue weighted by Gasteiger charge is -2.28. The van der Waals surface area contributed by atoms with E-state index in [1.165, 1.54) is 0 Å². The zero-order valence-corrected chi connectivity index (χ0v) is 7.46. The molecule has 12 heavy (non-hydrogen) atoms. The van der Waals surface area contributed by atoms with Crippen molar-refractivity contribution in [2.24, 2.45) is 0 Å². The minimum Gasteiger partial charge on any atom is -0.263 e. The lowest BCUT2D eigenvalue weighted by molar-refractivity contribution is 0.328. The lowest BCUT2D eigenvalue weighted by atomic mass is 10.3. The first-order valence-electron chi connectivity index (χ1n) is 3.95. The molecule has 0 bridgehead atoms. The third-order valence-electron chi connectivity index (χ3n) is 1.89. The number of hydrogen-bond donors (Lipinski definition) is 0. The molecule has 1 atom stereocenters. The molecular formula is C8H10N2OS. The molecule has 0 amide bonds. The smallest absolute Gasteiger partial charge is 0.129 e. The highest BCUT2D eigenvalue weighted by atomic mass is 32.2. The average Bonchev–Trinajstić information content (AvgIpc) is 2.03. The van der Waals surface area contributed by atoms with E-state index in [0.29, 0.717) is 0 Å². The number of hydrogen-bond acceptors (Lipinski definition) is 2. The van der Waals surface area contributed by atoms with Gasteiger partial charge >= 0.3 is 0 Å². The monoisotopic (exact) mass is 182 g/mol. The maximum absolute atomic E-state index is 11.6. The summed E-state index contributed by atoms with van der Waals surface area (Å²) in [5, 5.41) is 0. The molecule has 2 rings (SSSR count). The maximum Gasteiger partial charge on any atom is 0.129 e. The van der Waals surface area contributed by atoms with Crippen LogP contribution in [0.3, 0.4) is 0 Å². The molecule has 1 aliphatic heterocycles. The first-order chi connectivity index (χ1) is 5.88. The molecule has 0 aliphatic carbocycles. The van der Waals surface area contributed by atoms with Gasteiger partial charge in [0.15, 0.2) is 0 Å². The van der Waals surface area contributed by atoms with Gasteiger partial charge < -0.3 is 0 Å². The van der Waals surface area contributed by atoms with Crippen LogP contribution in [0.5, 0.6) is 0 Å². The number of rotatable bonds is 2. The van der Waals surface area contributed by atoms with Crippen molar-refractivity contribution >= 4 is 11.0 Å². The predicted octanol–water partition coefficient (Wildman–Crippen LogP) is 0.810. The Kier molecular flexibility index (Phi) is 2.19. The summed E-state index contributed by atoms with van der Waals surface area (Å²) < 4.78 is 13.6. The van der Waals surface area contributed by atoms with Gasteiger partial charge in [0.2, 0.25) is 0 Å². The topological polar surface area (TPSA) is 33.2 Å². The van der Waals surface area contributed by atoms with Crippen molar-refractivity contribution in [3.63, 3.8) is 0 Å². The van der Waals surface area contributed by atoms with Crippen molar-refractivity contribution in [2.45, 2.75) is 11.3 Å². The minimum absolute atomic E-state index is 0.803. The highest BCUT2D eigenvalue weighted by Crippen LogP contribution is 2.15. The van der Waals surface area contributed by atoms with E-state index in [2.05, 4.69) is 4.98 Å². The van der Waals surface area contributed by atoms with Crippen LogP contribution in [0.2, 0.25) is 0 Å². The van der Waals surface area contributed by atoms with E-state index in [-0.39, 0.29) is 0 Å². The molecule has 2 heterocycles. The van der Waals surface area contributed by atoms with Gasteiger partial charge in [-0.3, -0.25) is 4.98 Å². The predicted molar refractivity (Wildman–Crippen MR) is 46.8 cm³/mol. The maximum atomic E-state index is 11.6. The zero-order valence-electron chi connectivity index (χ0n) is 6.64. The van der Waals surface area contributed by atoms with Gasteiger partial charge in [-0.1, -0.05) is 0 Å². The molecule has 1 unspecified atom stereocenters. The standard InChI is InChI=1S/C8H10N2OS/c11-12(10-5-2-6-10)8-3-1-4-9-7-8/h1,3-4,7H,2,5-6H2. The van der Waals surface area contributed by atoms with Crippen LogP contribution in [0, 0.1) is 0 Å². The fourth-order valence-corrected chi connectivity index (χ4v) is 2.29. The van der Waals surface area contributed by atoms with Crippen LogP contribution in [0.15, 0.2) is 29.4 Å². The van der Waals surface area contributed by atoms with E-state index in [1.807, 2.05) is 16.4 Å². The average molecular weight is 182 g/mol. The van der Waals surface area contributed by atoms with Crippen molar-refractivity contribution in [2.75, 3.05) is 13.1 Å². The van der Waals surface area contributed by atoms with E-state index >= 15 is 0 Å². The van der Waals surface area contributed by atoms with E-state index in [9.17, 15) is 4.21 Å². The normalized spacial score (nSPS) is 20.0. The summed E-state index contributed by atoms with van der Waals surface area (Å²) in [4.78, 5) is 4.73. The molecule has 1 saturated heterocycles. The van der Waals surface area contributed by atoms with Gasteiger partial charge in [-0.05, 0) is 18.6 Å². The van der Waals surface area contributed by atoms with Crippen LogP contribution in [0.25, 0.3) is 0 Å². The van der Waals surface area contributed by atoms with Gasteiger partial charge in [-0.2, -0.15) is 0 Å². The first-order valence-corrected chi connectivity index (χ1v) is 5.05.